The molecule has 6 heteroatoms. The summed E-state index contributed by atoms with van der Waals surface area (Å²) < 4.78 is 27.8. The van der Waals surface area contributed by atoms with Crippen LogP contribution in [0.25, 0.3) is 0 Å². The fraction of sp³-hybridized carbons (Fsp3) is 0.286. The second kappa shape index (κ2) is 5.85. The van der Waals surface area contributed by atoms with Crippen molar-refractivity contribution in [2.45, 2.75) is 37.4 Å². The van der Waals surface area contributed by atoms with Crippen LogP contribution in [-0.4, -0.2) is 9.97 Å². The van der Waals surface area contributed by atoms with Crippen molar-refractivity contribution in [2.24, 2.45) is 5.73 Å². The highest BCUT2D eigenvalue weighted by Crippen LogP contribution is 2.31. The number of hydrogen-bond donors (Lipinski definition) is 1. The molecule has 3 nitrogen and oxygen atoms in total. The Morgan fingerprint density at radius 1 is 1.05 bits per heavy atom. The summed E-state index contributed by atoms with van der Waals surface area (Å²) in [5.41, 5.74) is 8.39. The van der Waals surface area contributed by atoms with Crippen molar-refractivity contribution in [3.05, 3.63) is 46.3 Å². The zero-order chi connectivity index (χ0) is 14.9. The Kier molecular flexibility index (Phi) is 4.35. The van der Waals surface area contributed by atoms with E-state index in [2.05, 4.69) is 9.97 Å². The van der Waals surface area contributed by atoms with Gasteiger partial charge in [-0.3, -0.25) is 0 Å². The Balaban J connectivity index is 2.40. The second-order valence-electron chi connectivity index (χ2n) is 4.50. The van der Waals surface area contributed by atoms with Crippen molar-refractivity contribution in [3.63, 3.8) is 0 Å². The van der Waals surface area contributed by atoms with Crippen LogP contribution in [0.3, 0.4) is 0 Å². The first-order valence-corrected chi connectivity index (χ1v) is 6.91. The van der Waals surface area contributed by atoms with Crippen molar-refractivity contribution in [1.82, 2.24) is 9.97 Å². The number of aryl methyl sites for hydroxylation is 2. The SMILES string of the molecule is Cc1nc(Sc2c(F)cc(CN)cc2F)nc(C)c1C. The van der Waals surface area contributed by atoms with E-state index in [0.717, 1.165) is 28.7 Å². The molecule has 0 aliphatic rings. The first kappa shape index (κ1) is 14.9. The van der Waals surface area contributed by atoms with E-state index in [4.69, 9.17) is 5.73 Å². The molecular weight excluding hydrogens is 280 g/mol. The first-order valence-electron chi connectivity index (χ1n) is 6.10. The van der Waals surface area contributed by atoms with Gasteiger partial charge in [-0.15, -0.1) is 0 Å². The summed E-state index contributed by atoms with van der Waals surface area (Å²) in [4.78, 5) is 8.39. The van der Waals surface area contributed by atoms with E-state index in [1.165, 1.54) is 12.1 Å². The molecule has 1 aromatic carbocycles. The highest BCUT2D eigenvalue weighted by molar-refractivity contribution is 7.99. The molecular formula is C14H15F2N3S. The number of rotatable bonds is 3. The Morgan fingerprint density at radius 2 is 1.55 bits per heavy atom. The Hall–Kier alpha value is -1.53. The molecule has 2 rings (SSSR count). The summed E-state index contributed by atoms with van der Waals surface area (Å²) in [5, 5.41) is 0.337. The number of hydrogen-bond acceptors (Lipinski definition) is 4. The molecule has 0 spiro atoms. The molecule has 0 unspecified atom stereocenters. The lowest BCUT2D eigenvalue weighted by atomic mass is 10.2. The average Bonchev–Trinajstić information content (AvgIpc) is 2.39. The zero-order valence-electron chi connectivity index (χ0n) is 11.5. The summed E-state index contributed by atoms with van der Waals surface area (Å²) in [5.74, 6) is -1.29. The predicted octanol–water partition coefficient (Wildman–Crippen LogP) is 3.29. The van der Waals surface area contributed by atoms with Gasteiger partial charge in [-0.1, -0.05) is 0 Å². The molecule has 1 heterocycles. The summed E-state index contributed by atoms with van der Waals surface area (Å²) >= 11 is 0.884. The largest absolute Gasteiger partial charge is 0.326 e. The summed E-state index contributed by atoms with van der Waals surface area (Å²) in [6.07, 6.45) is 0. The van der Waals surface area contributed by atoms with Crippen molar-refractivity contribution in [3.8, 4) is 0 Å². The molecule has 0 aliphatic heterocycles. The minimum atomic E-state index is -0.644. The Morgan fingerprint density at radius 3 is 2.00 bits per heavy atom. The van der Waals surface area contributed by atoms with Gasteiger partial charge in [-0.2, -0.15) is 0 Å². The number of aromatic nitrogens is 2. The van der Waals surface area contributed by atoms with E-state index < -0.39 is 11.6 Å². The third kappa shape index (κ3) is 2.96. The van der Waals surface area contributed by atoms with Gasteiger partial charge >= 0.3 is 0 Å². The fourth-order valence-electron chi connectivity index (χ4n) is 1.71. The predicted molar refractivity (Wildman–Crippen MR) is 74.6 cm³/mol. The van der Waals surface area contributed by atoms with Crippen LogP contribution in [0, 0.1) is 32.4 Å². The topological polar surface area (TPSA) is 51.8 Å². The summed E-state index contributed by atoms with van der Waals surface area (Å²) in [6, 6.07) is 2.47. The number of benzene rings is 1. The molecule has 0 saturated heterocycles. The maximum atomic E-state index is 13.9. The molecule has 106 valence electrons. The van der Waals surface area contributed by atoms with Crippen LogP contribution in [0.2, 0.25) is 0 Å². The van der Waals surface area contributed by atoms with Crippen molar-refractivity contribution < 1.29 is 8.78 Å². The molecule has 20 heavy (non-hydrogen) atoms. The Bertz CT molecular complexity index is 613. The number of halogens is 2. The molecule has 0 aliphatic carbocycles. The molecule has 0 amide bonds. The van der Waals surface area contributed by atoms with Crippen molar-refractivity contribution in [2.75, 3.05) is 0 Å². The van der Waals surface area contributed by atoms with Crippen LogP contribution in [0.15, 0.2) is 22.2 Å². The van der Waals surface area contributed by atoms with Crippen LogP contribution in [0.4, 0.5) is 8.78 Å². The van der Waals surface area contributed by atoms with Crippen LogP contribution in [-0.2, 0) is 6.54 Å². The third-order valence-electron chi connectivity index (χ3n) is 3.10. The van der Waals surface area contributed by atoms with Gasteiger partial charge in [0.2, 0.25) is 0 Å². The van der Waals surface area contributed by atoms with Gasteiger partial charge in [0, 0.05) is 17.9 Å². The smallest absolute Gasteiger partial charge is 0.193 e. The first-order chi connectivity index (χ1) is 9.42. The lowest BCUT2D eigenvalue weighted by molar-refractivity contribution is 0.537. The molecule has 0 fully saturated rings. The monoisotopic (exact) mass is 295 g/mol. The van der Waals surface area contributed by atoms with Crippen molar-refractivity contribution >= 4 is 11.8 Å². The maximum Gasteiger partial charge on any atom is 0.193 e. The second-order valence-corrected chi connectivity index (χ2v) is 5.47. The average molecular weight is 295 g/mol. The minimum Gasteiger partial charge on any atom is -0.326 e. The van der Waals surface area contributed by atoms with Crippen LogP contribution >= 0.6 is 11.8 Å². The lowest BCUT2D eigenvalue weighted by Gasteiger charge is -2.09. The zero-order valence-corrected chi connectivity index (χ0v) is 12.3. The highest BCUT2D eigenvalue weighted by Gasteiger charge is 2.15. The number of nitrogens with two attached hydrogens (primary N) is 1. The highest BCUT2D eigenvalue weighted by atomic mass is 32.2. The van der Waals surface area contributed by atoms with Crippen LogP contribution < -0.4 is 5.73 Å². The van der Waals surface area contributed by atoms with Gasteiger partial charge in [0.1, 0.15) is 11.6 Å². The third-order valence-corrected chi connectivity index (χ3v) is 4.06. The fourth-order valence-corrected chi connectivity index (χ4v) is 2.57. The van der Waals surface area contributed by atoms with E-state index in [0.29, 0.717) is 10.7 Å². The van der Waals surface area contributed by atoms with Gasteiger partial charge in [0.05, 0.1) is 4.90 Å². The van der Waals surface area contributed by atoms with Gasteiger partial charge in [0.25, 0.3) is 0 Å². The molecule has 0 saturated carbocycles. The summed E-state index contributed by atoms with van der Waals surface area (Å²) in [7, 11) is 0. The van der Waals surface area contributed by atoms with Crippen LogP contribution in [0.1, 0.15) is 22.5 Å². The Labute approximate surface area is 120 Å². The minimum absolute atomic E-state index is 0.0953. The molecule has 1 aromatic heterocycles. The van der Waals surface area contributed by atoms with Gasteiger partial charge < -0.3 is 5.73 Å². The lowest BCUT2D eigenvalue weighted by Crippen LogP contribution is -2.01. The standard InChI is InChI=1S/C14H15F2N3S/c1-7-8(2)18-14(19-9(7)3)20-13-11(15)4-10(6-17)5-12(13)16/h4-5H,6,17H2,1-3H3. The molecule has 0 bridgehead atoms. The quantitative estimate of drug-likeness (QED) is 0.883. The normalized spacial score (nSPS) is 10.9. The molecule has 2 N–H and O–H groups in total. The van der Waals surface area contributed by atoms with E-state index in [1.54, 1.807) is 0 Å². The van der Waals surface area contributed by atoms with E-state index in [9.17, 15) is 8.78 Å². The molecule has 0 atom stereocenters. The van der Waals surface area contributed by atoms with Gasteiger partial charge in [0.15, 0.2) is 5.16 Å². The van der Waals surface area contributed by atoms with E-state index in [1.807, 2.05) is 20.8 Å². The molecule has 0 radical (unpaired) electrons. The van der Waals surface area contributed by atoms with Crippen molar-refractivity contribution in [1.29, 1.82) is 0 Å². The van der Waals surface area contributed by atoms with Gasteiger partial charge in [-0.25, -0.2) is 18.7 Å². The van der Waals surface area contributed by atoms with Crippen LogP contribution in [0.5, 0.6) is 0 Å². The molecule has 2 aromatic rings. The van der Waals surface area contributed by atoms with E-state index in [-0.39, 0.29) is 11.4 Å². The summed E-state index contributed by atoms with van der Waals surface area (Å²) in [6.45, 7) is 5.70. The number of nitrogens with zero attached hydrogens (tertiary/aromatic N) is 2. The van der Waals surface area contributed by atoms with Gasteiger partial charge in [-0.05, 0) is 55.8 Å². The maximum absolute atomic E-state index is 13.9. The van der Waals surface area contributed by atoms with E-state index >= 15 is 0 Å².